The number of ether oxygens (including phenoxy) is 1. The Hall–Kier alpha value is -2.04. The predicted molar refractivity (Wildman–Crippen MR) is 98.7 cm³/mol. The fourth-order valence-electron chi connectivity index (χ4n) is 2.72. The molecule has 1 heterocycles. The van der Waals surface area contributed by atoms with Crippen molar-refractivity contribution in [1.82, 2.24) is 15.3 Å². The molecule has 0 unspecified atom stereocenters. The van der Waals surface area contributed by atoms with Gasteiger partial charge in [-0.15, -0.1) is 0 Å². The maximum Gasteiger partial charge on any atom is 0.149 e. The van der Waals surface area contributed by atoms with Crippen LogP contribution in [0.1, 0.15) is 31.4 Å². The van der Waals surface area contributed by atoms with Gasteiger partial charge in [0.05, 0.1) is 11.8 Å². The molecule has 3 aromatic rings. The van der Waals surface area contributed by atoms with Gasteiger partial charge < -0.3 is 15.0 Å². The minimum Gasteiger partial charge on any atom is -0.483 e. The molecule has 2 N–H and O–H groups in total. The van der Waals surface area contributed by atoms with Gasteiger partial charge in [-0.1, -0.05) is 48.9 Å². The molecular weight excluding hydrogens is 322 g/mol. The van der Waals surface area contributed by atoms with Gasteiger partial charge in [0.15, 0.2) is 0 Å². The summed E-state index contributed by atoms with van der Waals surface area (Å²) in [6, 6.07) is 14.0. The van der Waals surface area contributed by atoms with Crippen molar-refractivity contribution in [2.75, 3.05) is 13.1 Å². The second-order valence-corrected chi connectivity index (χ2v) is 6.19. The molecule has 0 fully saturated rings. The first-order chi connectivity index (χ1) is 11.8. The van der Waals surface area contributed by atoms with Gasteiger partial charge >= 0.3 is 0 Å². The lowest BCUT2D eigenvalue weighted by Gasteiger charge is -2.20. The summed E-state index contributed by atoms with van der Waals surface area (Å²) < 4.78 is 6.33. The van der Waals surface area contributed by atoms with Crippen LogP contribution >= 0.6 is 11.6 Å². The lowest BCUT2D eigenvalue weighted by Crippen LogP contribution is -2.20. The van der Waals surface area contributed by atoms with E-state index in [4.69, 9.17) is 16.3 Å². The third-order valence-corrected chi connectivity index (χ3v) is 4.12. The molecule has 0 bridgehead atoms. The van der Waals surface area contributed by atoms with Gasteiger partial charge in [0.25, 0.3) is 0 Å². The van der Waals surface area contributed by atoms with Crippen molar-refractivity contribution < 1.29 is 4.74 Å². The number of hydrogen-bond acceptors (Lipinski definition) is 3. The maximum absolute atomic E-state index is 6.33. The third kappa shape index (κ3) is 4.08. The van der Waals surface area contributed by atoms with E-state index in [1.807, 2.05) is 30.3 Å². The highest BCUT2D eigenvalue weighted by atomic mass is 35.5. The summed E-state index contributed by atoms with van der Waals surface area (Å²) in [5.41, 5.74) is 2.84. The van der Waals surface area contributed by atoms with Crippen molar-refractivity contribution in [3.8, 4) is 5.75 Å². The average Bonchev–Trinajstić information content (AvgIpc) is 3.06. The van der Waals surface area contributed by atoms with Crippen LogP contribution in [0.2, 0.25) is 5.02 Å². The molecule has 0 amide bonds. The first-order valence-corrected chi connectivity index (χ1v) is 8.70. The highest BCUT2D eigenvalue weighted by Crippen LogP contribution is 2.32. The summed E-state index contributed by atoms with van der Waals surface area (Å²) in [5.74, 6) is 0.711. The normalized spacial score (nSPS) is 12.4. The number of halogens is 1. The Balaban J connectivity index is 1.83. The zero-order valence-corrected chi connectivity index (χ0v) is 14.5. The van der Waals surface area contributed by atoms with Crippen molar-refractivity contribution >= 4 is 22.6 Å². The molecule has 3 rings (SSSR count). The number of rotatable bonds is 8. The largest absolute Gasteiger partial charge is 0.483 e. The molecule has 126 valence electrons. The van der Waals surface area contributed by atoms with E-state index in [0.717, 1.165) is 42.5 Å². The molecule has 0 aliphatic carbocycles. The Morgan fingerprint density at radius 3 is 2.83 bits per heavy atom. The Morgan fingerprint density at radius 2 is 2.04 bits per heavy atom. The highest BCUT2D eigenvalue weighted by molar-refractivity contribution is 6.31. The standard InChI is InChI=1S/C19H22ClN3O/c1-2-9-21-10-8-17(14-6-4-3-5-7-14)24-18-12-15(20)11-16-19(18)23-13-22-16/h3-7,11-13,17,21H,2,8-10H2,1H3,(H,22,23)/t17-/m1/s1. The number of imidazole rings is 1. The van der Waals surface area contributed by atoms with Crippen LogP contribution in [0.15, 0.2) is 48.8 Å². The first-order valence-electron chi connectivity index (χ1n) is 8.33. The zero-order valence-electron chi connectivity index (χ0n) is 13.8. The molecule has 0 aliphatic rings. The Labute approximate surface area is 147 Å². The lowest BCUT2D eigenvalue weighted by molar-refractivity contribution is 0.196. The Kier molecular flexibility index (Phi) is 5.72. The lowest BCUT2D eigenvalue weighted by atomic mass is 10.1. The van der Waals surface area contributed by atoms with E-state index in [1.165, 1.54) is 0 Å². The van der Waals surface area contributed by atoms with Crippen LogP contribution in [-0.2, 0) is 0 Å². The van der Waals surface area contributed by atoms with Crippen LogP contribution in [0, 0.1) is 0 Å². The van der Waals surface area contributed by atoms with Crippen molar-refractivity contribution in [2.24, 2.45) is 0 Å². The highest BCUT2D eigenvalue weighted by Gasteiger charge is 2.16. The van der Waals surface area contributed by atoms with Gasteiger partial charge in [-0.25, -0.2) is 4.98 Å². The smallest absolute Gasteiger partial charge is 0.149 e. The Morgan fingerprint density at radius 1 is 1.21 bits per heavy atom. The number of aromatic amines is 1. The van der Waals surface area contributed by atoms with E-state index in [-0.39, 0.29) is 6.10 Å². The van der Waals surface area contributed by atoms with Crippen molar-refractivity contribution in [1.29, 1.82) is 0 Å². The molecule has 1 aromatic heterocycles. The molecule has 4 nitrogen and oxygen atoms in total. The summed E-state index contributed by atoms with van der Waals surface area (Å²) in [5, 5.41) is 4.07. The van der Waals surface area contributed by atoms with E-state index in [2.05, 4.69) is 34.3 Å². The third-order valence-electron chi connectivity index (χ3n) is 3.90. The average molecular weight is 344 g/mol. The molecule has 0 spiro atoms. The van der Waals surface area contributed by atoms with Crippen molar-refractivity contribution in [3.63, 3.8) is 0 Å². The molecule has 24 heavy (non-hydrogen) atoms. The maximum atomic E-state index is 6.33. The quantitative estimate of drug-likeness (QED) is 0.581. The fraction of sp³-hybridized carbons (Fsp3) is 0.316. The van der Waals surface area contributed by atoms with Gasteiger partial charge in [-0.2, -0.15) is 0 Å². The van der Waals surface area contributed by atoms with E-state index >= 15 is 0 Å². The topological polar surface area (TPSA) is 49.9 Å². The van der Waals surface area contributed by atoms with Gasteiger partial charge in [0.1, 0.15) is 17.4 Å². The van der Waals surface area contributed by atoms with Crippen LogP contribution in [0.25, 0.3) is 11.0 Å². The predicted octanol–water partition coefficient (Wildman–Crippen LogP) is 4.73. The summed E-state index contributed by atoms with van der Waals surface area (Å²) in [4.78, 5) is 7.45. The number of hydrogen-bond donors (Lipinski definition) is 2. The summed E-state index contributed by atoms with van der Waals surface area (Å²) >= 11 is 6.22. The van der Waals surface area contributed by atoms with Gasteiger partial charge in [-0.05, 0) is 31.1 Å². The zero-order chi connectivity index (χ0) is 16.8. The van der Waals surface area contributed by atoms with E-state index in [1.54, 1.807) is 6.33 Å². The molecule has 5 heteroatoms. The van der Waals surface area contributed by atoms with Crippen LogP contribution in [0.4, 0.5) is 0 Å². The summed E-state index contributed by atoms with van der Waals surface area (Å²) in [6.45, 7) is 4.08. The minimum absolute atomic E-state index is 0.0473. The molecular formula is C19H22ClN3O. The molecule has 2 aromatic carbocycles. The monoisotopic (exact) mass is 343 g/mol. The van der Waals surface area contributed by atoms with Gasteiger partial charge in [0, 0.05) is 17.5 Å². The van der Waals surface area contributed by atoms with Gasteiger partial charge in [-0.3, -0.25) is 0 Å². The van der Waals surface area contributed by atoms with E-state index < -0.39 is 0 Å². The van der Waals surface area contributed by atoms with Crippen molar-refractivity contribution in [2.45, 2.75) is 25.9 Å². The second kappa shape index (κ2) is 8.18. The molecule has 1 atom stereocenters. The number of nitrogens with one attached hydrogen (secondary N) is 2. The molecule has 0 saturated carbocycles. The van der Waals surface area contributed by atoms with E-state index in [9.17, 15) is 0 Å². The van der Waals surface area contributed by atoms with Crippen LogP contribution in [0.3, 0.4) is 0 Å². The summed E-state index contributed by atoms with van der Waals surface area (Å²) in [7, 11) is 0. The SMILES string of the molecule is CCCNCC[C@@H](Oc1cc(Cl)cc2[nH]cnc12)c1ccccc1. The van der Waals surface area contributed by atoms with Crippen LogP contribution < -0.4 is 10.1 Å². The second-order valence-electron chi connectivity index (χ2n) is 5.76. The number of H-pyrrole nitrogens is 1. The number of aromatic nitrogens is 2. The first kappa shape index (κ1) is 16.8. The van der Waals surface area contributed by atoms with Crippen LogP contribution in [-0.4, -0.2) is 23.1 Å². The van der Waals surface area contributed by atoms with E-state index in [0.29, 0.717) is 10.8 Å². The molecule has 0 saturated heterocycles. The van der Waals surface area contributed by atoms with Crippen LogP contribution in [0.5, 0.6) is 5.75 Å². The van der Waals surface area contributed by atoms with Crippen molar-refractivity contribution in [3.05, 3.63) is 59.4 Å². The number of nitrogens with zero attached hydrogens (tertiary/aromatic N) is 1. The Bertz CT molecular complexity index is 773. The fourth-order valence-corrected chi connectivity index (χ4v) is 2.93. The molecule has 0 aliphatic heterocycles. The van der Waals surface area contributed by atoms with Gasteiger partial charge in [0.2, 0.25) is 0 Å². The summed E-state index contributed by atoms with van der Waals surface area (Å²) in [6.07, 6.45) is 3.62. The number of benzene rings is 2. The molecule has 0 radical (unpaired) electrons. The minimum atomic E-state index is -0.0473. The number of fused-ring (bicyclic) bond motifs is 1.